The number of esters is 1. The standard InChI is InChI=1S/C28H38O6/c1-14-13-20(33-24(30)15(14)2)27(5,31)18-9-8-16-21-17(10-12-25(16,18)3)26(4)19(29)7-6-11-28(26,32)23-22(21)34-23/h6-7,16-18,20-23,31-32H,8-13H2,1-5H3/t16-,17-,18+,20-,21-,22-,23-,25-,26+,27-,28-/m1/s1. The number of fused-ring (bicyclic) bond motifs is 8. The molecule has 4 aliphatic carbocycles. The molecule has 11 atom stereocenters. The summed E-state index contributed by atoms with van der Waals surface area (Å²) in [6.07, 6.45) is 7.18. The lowest BCUT2D eigenvalue weighted by Crippen LogP contribution is -2.67. The maximum atomic E-state index is 13.3. The Labute approximate surface area is 201 Å². The van der Waals surface area contributed by atoms with Gasteiger partial charge in [-0.05, 0) is 95.0 Å². The topological polar surface area (TPSA) is 96.4 Å². The number of ketones is 1. The summed E-state index contributed by atoms with van der Waals surface area (Å²) < 4.78 is 12.0. The maximum absolute atomic E-state index is 13.3. The fourth-order valence-corrected chi connectivity index (χ4v) is 9.36. The minimum atomic E-state index is -1.14. The van der Waals surface area contributed by atoms with Gasteiger partial charge in [0.15, 0.2) is 5.78 Å². The van der Waals surface area contributed by atoms with E-state index in [2.05, 4.69) is 6.92 Å². The molecule has 6 nitrogen and oxygen atoms in total. The van der Waals surface area contributed by atoms with Crippen LogP contribution in [0.5, 0.6) is 0 Å². The summed E-state index contributed by atoms with van der Waals surface area (Å²) in [5.74, 6) is 0.263. The summed E-state index contributed by atoms with van der Waals surface area (Å²) in [5, 5.41) is 23.6. The van der Waals surface area contributed by atoms with Crippen LogP contribution in [-0.2, 0) is 19.1 Å². The molecule has 6 aliphatic rings. The highest BCUT2D eigenvalue weighted by atomic mass is 16.6. The summed E-state index contributed by atoms with van der Waals surface area (Å²) in [6.45, 7) is 9.86. The predicted molar refractivity (Wildman–Crippen MR) is 125 cm³/mol. The van der Waals surface area contributed by atoms with E-state index in [0.29, 0.717) is 24.3 Å². The Morgan fingerprint density at radius 2 is 1.85 bits per heavy atom. The second kappa shape index (κ2) is 6.83. The number of carbonyl (C=O) groups is 2. The van der Waals surface area contributed by atoms with Gasteiger partial charge in [-0.2, -0.15) is 0 Å². The second-order valence-corrected chi connectivity index (χ2v) is 12.8. The van der Waals surface area contributed by atoms with E-state index in [1.54, 1.807) is 13.0 Å². The van der Waals surface area contributed by atoms with Crippen molar-refractivity contribution in [3.8, 4) is 0 Å². The van der Waals surface area contributed by atoms with Crippen LogP contribution in [0.3, 0.4) is 0 Å². The second-order valence-electron chi connectivity index (χ2n) is 12.8. The van der Waals surface area contributed by atoms with Gasteiger partial charge >= 0.3 is 5.97 Å². The van der Waals surface area contributed by atoms with Crippen molar-refractivity contribution in [1.82, 2.24) is 0 Å². The van der Waals surface area contributed by atoms with Crippen molar-refractivity contribution in [2.45, 2.75) is 103 Å². The van der Waals surface area contributed by atoms with Crippen LogP contribution in [0, 0.1) is 34.5 Å². The van der Waals surface area contributed by atoms with Gasteiger partial charge in [-0.1, -0.05) is 18.6 Å². The van der Waals surface area contributed by atoms with Gasteiger partial charge in [-0.3, -0.25) is 4.79 Å². The first-order valence-electron chi connectivity index (χ1n) is 13.1. The van der Waals surface area contributed by atoms with Crippen LogP contribution in [-0.4, -0.2) is 51.5 Å². The number of carbonyl (C=O) groups excluding carboxylic acids is 2. The first-order chi connectivity index (χ1) is 15.9. The molecule has 0 radical (unpaired) electrons. The molecule has 0 spiro atoms. The Morgan fingerprint density at radius 3 is 2.56 bits per heavy atom. The molecular formula is C28H38O6. The third-order valence-electron chi connectivity index (χ3n) is 11.6. The molecule has 2 heterocycles. The lowest BCUT2D eigenvalue weighted by Gasteiger charge is -2.60. The van der Waals surface area contributed by atoms with Crippen molar-refractivity contribution in [2.75, 3.05) is 0 Å². The van der Waals surface area contributed by atoms with Crippen LogP contribution in [0.2, 0.25) is 0 Å². The molecule has 2 aliphatic heterocycles. The Balaban J connectivity index is 1.33. The molecule has 6 rings (SSSR count). The van der Waals surface area contributed by atoms with Crippen molar-refractivity contribution in [2.24, 2.45) is 34.5 Å². The molecule has 3 saturated carbocycles. The summed E-state index contributed by atoms with van der Waals surface area (Å²) >= 11 is 0. The summed E-state index contributed by atoms with van der Waals surface area (Å²) in [6, 6.07) is 0. The third kappa shape index (κ3) is 2.58. The zero-order chi connectivity index (χ0) is 24.4. The number of ether oxygens (including phenoxy) is 2. The Morgan fingerprint density at radius 1 is 1.12 bits per heavy atom. The smallest absolute Gasteiger partial charge is 0.334 e. The van der Waals surface area contributed by atoms with Crippen LogP contribution < -0.4 is 0 Å². The van der Waals surface area contributed by atoms with Crippen molar-refractivity contribution in [1.29, 1.82) is 0 Å². The van der Waals surface area contributed by atoms with Crippen LogP contribution in [0.15, 0.2) is 23.3 Å². The van der Waals surface area contributed by atoms with Gasteiger partial charge in [-0.25, -0.2) is 4.79 Å². The van der Waals surface area contributed by atoms with Gasteiger partial charge < -0.3 is 19.7 Å². The normalized spacial score (nSPS) is 53.3. The number of cyclic esters (lactones) is 1. The summed E-state index contributed by atoms with van der Waals surface area (Å²) in [5.41, 5.74) is -1.60. The van der Waals surface area contributed by atoms with Crippen molar-refractivity contribution < 1.29 is 29.3 Å². The number of hydrogen-bond donors (Lipinski definition) is 2. The number of epoxide rings is 1. The van der Waals surface area contributed by atoms with Gasteiger partial charge in [0.05, 0.1) is 11.5 Å². The Bertz CT molecular complexity index is 1030. The zero-order valence-electron chi connectivity index (χ0n) is 21.0. The number of aliphatic hydroxyl groups is 2. The number of rotatable bonds is 2. The molecule has 0 aromatic rings. The van der Waals surface area contributed by atoms with Crippen molar-refractivity contribution in [3.05, 3.63) is 23.3 Å². The number of allylic oxidation sites excluding steroid dienone is 1. The minimum absolute atomic E-state index is 0.0114. The van der Waals surface area contributed by atoms with Crippen molar-refractivity contribution >= 4 is 11.8 Å². The quantitative estimate of drug-likeness (QED) is 0.474. The van der Waals surface area contributed by atoms with E-state index in [1.165, 1.54) is 0 Å². The van der Waals surface area contributed by atoms with Gasteiger partial charge in [0, 0.05) is 12.0 Å². The van der Waals surface area contributed by atoms with Gasteiger partial charge in [0.25, 0.3) is 0 Å². The first kappa shape index (κ1) is 22.9. The molecule has 0 aromatic carbocycles. The Kier molecular flexibility index (Phi) is 4.61. The van der Waals surface area contributed by atoms with Crippen LogP contribution in [0.25, 0.3) is 0 Å². The largest absolute Gasteiger partial charge is 0.456 e. The molecule has 2 N–H and O–H groups in total. The third-order valence-corrected chi connectivity index (χ3v) is 11.6. The molecule has 4 fully saturated rings. The van der Waals surface area contributed by atoms with Crippen molar-refractivity contribution in [3.63, 3.8) is 0 Å². The highest BCUT2D eigenvalue weighted by Crippen LogP contribution is 2.72. The molecule has 0 unspecified atom stereocenters. The fraction of sp³-hybridized carbons (Fsp3) is 0.786. The predicted octanol–water partition coefficient (Wildman–Crippen LogP) is 3.50. The highest BCUT2D eigenvalue weighted by Gasteiger charge is 2.78. The van der Waals surface area contributed by atoms with Gasteiger partial charge in [0.1, 0.15) is 23.4 Å². The fourth-order valence-electron chi connectivity index (χ4n) is 9.36. The highest BCUT2D eigenvalue weighted by molar-refractivity contribution is 5.97. The molecule has 186 valence electrons. The van der Waals surface area contributed by atoms with E-state index in [0.717, 1.165) is 31.3 Å². The van der Waals surface area contributed by atoms with E-state index < -0.39 is 22.7 Å². The minimum Gasteiger partial charge on any atom is -0.456 e. The van der Waals surface area contributed by atoms with Crippen LogP contribution in [0.4, 0.5) is 0 Å². The van der Waals surface area contributed by atoms with E-state index >= 15 is 0 Å². The van der Waals surface area contributed by atoms with E-state index in [4.69, 9.17) is 9.47 Å². The molecule has 0 bridgehead atoms. The van der Waals surface area contributed by atoms with Gasteiger partial charge in [-0.15, -0.1) is 0 Å². The molecule has 6 heteroatoms. The average Bonchev–Trinajstić information content (AvgIpc) is 3.49. The first-order valence-corrected chi connectivity index (χ1v) is 13.1. The number of hydrogen-bond acceptors (Lipinski definition) is 6. The van der Waals surface area contributed by atoms with Gasteiger partial charge in [0.2, 0.25) is 0 Å². The Hall–Kier alpha value is -1.50. The molecule has 34 heavy (non-hydrogen) atoms. The molecule has 0 amide bonds. The summed E-state index contributed by atoms with van der Waals surface area (Å²) in [4.78, 5) is 25.7. The average molecular weight is 471 g/mol. The van der Waals surface area contributed by atoms with Crippen LogP contribution >= 0.6 is 0 Å². The molecule has 0 aromatic heterocycles. The molecular weight excluding hydrogens is 432 g/mol. The lowest BCUT2D eigenvalue weighted by atomic mass is 9.43. The van der Waals surface area contributed by atoms with E-state index in [1.807, 2.05) is 26.8 Å². The summed E-state index contributed by atoms with van der Waals surface area (Å²) in [7, 11) is 0. The van der Waals surface area contributed by atoms with E-state index in [-0.39, 0.29) is 47.1 Å². The monoisotopic (exact) mass is 470 g/mol. The molecule has 1 saturated heterocycles. The van der Waals surface area contributed by atoms with Crippen LogP contribution in [0.1, 0.15) is 73.1 Å². The lowest BCUT2D eigenvalue weighted by molar-refractivity contribution is -0.195. The maximum Gasteiger partial charge on any atom is 0.334 e. The SMILES string of the molecule is CC1=C(C)C(=O)O[C@@H]([C@](C)(O)[C@H]2CC[C@@H]3[C@H]4[C@H]5O[C@H]5[C@]5(O)CC=CC(=O)[C@]5(C)[C@@H]4CC[C@]32C)C1. The zero-order valence-corrected chi connectivity index (χ0v) is 21.0. The van der Waals surface area contributed by atoms with E-state index in [9.17, 15) is 19.8 Å².